The molecular formula is C17H24N2O. The third-order valence-corrected chi connectivity index (χ3v) is 5.76. The van der Waals surface area contributed by atoms with E-state index in [1.54, 1.807) is 0 Å². The molecule has 1 aliphatic carbocycles. The minimum atomic E-state index is 0.0928. The van der Waals surface area contributed by atoms with Crippen LogP contribution >= 0.6 is 0 Å². The zero-order valence-electron chi connectivity index (χ0n) is 12.9. The van der Waals surface area contributed by atoms with Crippen molar-refractivity contribution in [1.29, 1.82) is 0 Å². The Kier molecular flexibility index (Phi) is 2.69. The molecule has 0 atom stereocenters. The Balaban J connectivity index is 1.93. The summed E-state index contributed by atoms with van der Waals surface area (Å²) in [6, 6.07) is 5.91. The number of fused-ring (bicyclic) bond motifs is 1. The van der Waals surface area contributed by atoms with E-state index in [9.17, 15) is 4.79 Å². The number of amides is 1. The summed E-state index contributed by atoms with van der Waals surface area (Å²) in [6.45, 7) is 9.62. The number of carbonyl (C=O) groups excluding carboxylic acids is 1. The van der Waals surface area contributed by atoms with E-state index in [0.29, 0.717) is 0 Å². The molecule has 1 aromatic rings. The maximum Gasteiger partial charge on any atom is 0.231 e. The van der Waals surface area contributed by atoms with Crippen LogP contribution in [0.15, 0.2) is 18.2 Å². The fourth-order valence-corrected chi connectivity index (χ4v) is 3.82. The summed E-state index contributed by atoms with van der Waals surface area (Å²) in [5.74, 6) is 0.407. The molecule has 0 spiro atoms. The van der Waals surface area contributed by atoms with Crippen molar-refractivity contribution in [1.82, 2.24) is 0 Å². The predicted octanol–water partition coefficient (Wildman–Crippen LogP) is 3.23. The van der Waals surface area contributed by atoms with E-state index in [-0.39, 0.29) is 22.7 Å². The molecule has 20 heavy (non-hydrogen) atoms. The second-order valence-corrected chi connectivity index (χ2v) is 7.36. The lowest BCUT2D eigenvalue weighted by Crippen LogP contribution is -2.37. The van der Waals surface area contributed by atoms with Gasteiger partial charge in [0.15, 0.2) is 0 Å². The molecule has 3 nitrogen and oxygen atoms in total. The molecule has 0 radical (unpaired) electrons. The first-order chi connectivity index (χ1) is 9.26. The first-order valence-electron chi connectivity index (χ1n) is 7.46. The minimum Gasteiger partial charge on any atom is -0.399 e. The lowest BCUT2D eigenvalue weighted by Gasteiger charge is -2.30. The normalized spacial score (nSPS) is 23.3. The third kappa shape index (κ3) is 1.68. The second-order valence-electron chi connectivity index (χ2n) is 7.36. The topological polar surface area (TPSA) is 46.3 Å². The zero-order chi connectivity index (χ0) is 14.7. The van der Waals surface area contributed by atoms with Crippen molar-refractivity contribution in [3.63, 3.8) is 0 Å². The molecule has 1 heterocycles. The lowest BCUT2D eigenvalue weighted by atomic mass is 9.99. The molecular weight excluding hydrogens is 248 g/mol. The number of carbonyl (C=O) groups is 1. The number of nitrogens with two attached hydrogens (primary N) is 1. The number of anilines is 2. The van der Waals surface area contributed by atoms with Crippen LogP contribution in [0.5, 0.6) is 0 Å². The largest absolute Gasteiger partial charge is 0.399 e. The molecule has 2 aliphatic rings. The van der Waals surface area contributed by atoms with Crippen molar-refractivity contribution in [2.45, 2.75) is 40.5 Å². The van der Waals surface area contributed by atoms with E-state index >= 15 is 0 Å². The molecule has 1 aromatic carbocycles. The van der Waals surface area contributed by atoms with Crippen LogP contribution in [0.2, 0.25) is 0 Å². The van der Waals surface area contributed by atoms with Gasteiger partial charge in [-0.05, 0) is 47.4 Å². The van der Waals surface area contributed by atoms with Gasteiger partial charge in [0.1, 0.15) is 0 Å². The van der Waals surface area contributed by atoms with Gasteiger partial charge >= 0.3 is 0 Å². The van der Waals surface area contributed by atoms with Gasteiger partial charge < -0.3 is 10.6 Å². The van der Waals surface area contributed by atoms with Gasteiger partial charge in [0.25, 0.3) is 0 Å². The second kappa shape index (κ2) is 4.00. The molecule has 0 bridgehead atoms. The smallest absolute Gasteiger partial charge is 0.231 e. The Labute approximate surface area is 121 Å². The molecule has 1 saturated carbocycles. The third-order valence-electron chi connectivity index (χ3n) is 5.76. The number of hydrogen-bond acceptors (Lipinski definition) is 2. The maximum absolute atomic E-state index is 12.9. The molecule has 3 rings (SSSR count). The Bertz CT molecular complexity index is 560. The molecule has 2 N–H and O–H groups in total. The fraction of sp³-hybridized carbons (Fsp3) is 0.588. The van der Waals surface area contributed by atoms with Gasteiger partial charge in [0, 0.05) is 23.8 Å². The van der Waals surface area contributed by atoms with E-state index in [2.05, 4.69) is 27.7 Å². The summed E-state index contributed by atoms with van der Waals surface area (Å²) in [5.41, 5.74) is 9.10. The number of rotatable bonds is 1. The van der Waals surface area contributed by atoms with Gasteiger partial charge in [-0.1, -0.05) is 27.7 Å². The minimum absolute atomic E-state index is 0.0928. The van der Waals surface area contributed by atoms with Crippen LogP contribution in [0.3, 0.4) is 0 Å². The molecule has 0 saturated heterocycles. The standard InChI is InChI=1S/C17H24N2O/c1-16(2)14(17(16,3)4)15(20)19-9-5-6-11-10-12(18)7-8-13(11)19/h7-8,10,14H,5-6,9,18H2,1-4H3. The van der Waals surface area contributed by atoms with Gasteiger partial charge in [0.05, 0.1) is 0 Å². The maximum atomic E-state index is 12.9. The van der Waals surface area contributed by atoms with E-state index in [1.807, 2.05) is 23.1 Å². The van der Waals surface area contributed by atoms with Crippen molar-refractivity contribution >= 4 is 17.3 Å². The molecule has 1 aliphatic heterocycles. The zero-order valence-corrected chi connectivity index (χ0v) is 12.9. The number of aryl methyl sites for hydroxylation is 1. The average molecular weight is 272 g/mol. The first kappa shape index (κ1) is 13.5. The van der Waals surface area contributed by atoms with Gasteiger partial charge in [-0.25, -0.2) is 0 Å². The Morgan fingerprint density at radius 3 is 2.50 bits per heavy atom. The number of hydrogen-bond donors (Lipinski definition) is 1. The first-order valence-corrected chi connectivity index (χ1v) is 7.46. The molecule has 0 aromatic heterocycles. The highest BCUT2D eigenvalue weighted by atomic mass is 16.2. The van der Waals surface area contributed by atoms with Crippen molar-refractivity contribution < 1.29 is 4.79 Å². The summed E-state index contributed by atoms with van der Waals surface area (Å²) in [6.07, 6.45) is 2.04. The quantitative estimate of drug-likeness (QED) is 0.798. The van der Waals surface area contributed by atoms with Crippen molar-refractivity contribution in [2.75, 3.05) is 17.2 Å². The number of nitrogen functional groups attached to an aromatic ring is 1. The van der Waals surface area contributed by atoms with E-state index in [4.69, 9.17) is 5.73 Å². The molecule has 0 unspecified atom stereocenters. The summed E-state index contributed by atoms with van der Waals surface area (Å²) >= 11 is 0. The molecule has 1 fully saturated rings. The summed E-state index contributed by atoms with van der Waals surface area (Å²) in [7, 11) is 0. The van der Waals surface area contributed by atoms with Crippen LogP contribution in [-0.2, 0) is 11.2 Å². The van der Waals surface area contributed by atoms with Gasteiger partial charge in [-0.2, -0.15) is 0 Å². The monoisotopic (exact) mass is 272 g/mol. The van der Waals surface area contributed by atoms with Crippen molar-refractivity contribution in [3.05, 3.63) is 23.8 Å². The molecule has 1 amide bonds. The molecule has 108 valence electrons. The highest BCUT2D eigenvalue weighted by Crippen LogP contribution is 2.69. The van der Waals surface area contributed by atoms with Crippen LogP contribution in [0, 0.1) is 16.7 Å². The highest BCUT2D eigenvalue weighted by Gasteiger charge is 2.69. The lowest BCUT2D eigenvalue weighted by molar-refractivity contribution is -0.121. The summed E-state index contributed by atoms with van der Waals surface area (Å²) < 4.78 is 0. The summed E-state index contributed by atoms with van der Waals surface area (Å²) in [5, 5.41) is 0. The Morgan fingerprint density at radius 1 is 1.25 bits per heavy atom. The van der Waals surface area contributed by atoms with Crippen molar-refractivity contribution in [2.24, 2.45) is 16.7 Å². The Morgan fingerprint density at radius 2 is 1.90 bits per heavy atom. The van der Waals surface area contributed by atoms with Crippen LogP contribution in [0.4, 0.5) is 11.4 Å². The fourth-order valence-electron chi connectivity index (χ4n) is 3.82. The highest BCUT2D eigenvalue weighted by molar-refractivity contribution is 5.99. The van der Waals surface area contributed by atoms with E-state index in [1.165, 1.54) is 5.56 Å². The van der Waals surface area contributed by atoms with Gasteiger partial charge in [-0.3, -0.25) is 4.79 Å². The number of nitrogens with zero attached hydrogens (tertiary/aromatic N) is 1. The van der Waals surface area contributed by atoms with Gasteiger partial charge in [0.2, 0.25) is 5.91 Å². The van der Waals surface area contributed by atoms with E-state index in [0.717, 1.165) is 30.8 Å². The predicted molar refractivity (Wildman–Crippen MR) is 82.6 cm³/mol. The average Bonchev–Trinajstić information content (AvgIpc) is 2.78. The van der Waals surface area contributed by atoms with Crippen molar-refractivity contribution in [3.8, 4) is 0 Å². The molecule has 3 heteroatoms. The van der Waals surface area contributed by atoms with E-state index < -0.39 is 0 Å². The van der Waals surface area contributed by atoms with Crippen LogP contribution < -0.4 is 10.6 Å². The van der Waals surface area contributed by atoms with Crippen LogP contribution in [0.25, 0.3) is 0 Å². The summed E-state index contributed by atoms with van der Waals surface area (Å²) in [4.78, 5) is 14.9. The van der Waals surface area contributed by atoms with Crippen LogP contribution in [0.1, 0.15) is 39.7 Å². The van der Waals surface area contributed by atoms with Crippen LogP contribution in [-0.4, -0.2) is 12.5 Å². The number of benzene rings is 1. The SMILES string of the molecule is CC1(C)C(C(=O)N2CCCc3cc(N)ccc32)C1(C)C. The Hall–Kier alpha value is -1.51. The van der Waals surface area contributed by atoms with Gasteiger partial charge in [-0.15, -0.1) is 0 Å².